The van der Waals surface area contributed by atoms with Crippen LogP contribution in [-0.2, 0) is 24.9 Å². The maximum absolute atomic E-state index is 11.8. The minimum absolute atomic E-state index is 0. The summed E-state index contributed by atoms with van der Waals surface area (Å²) in [4.78, 5) is 16.7. The second-order valence-corrected chi connectivity index (χ2v) is 11.4. The summed E-state index contributed by atoms with van der Waals surface area (Å²) >= 11 is 0. The largest absolute Gasteiger partial charge is 0.512 e. The number of benzene rings is 2. The van der Waals surface area contributed by atoms with Gasteiger partial charge in [0.2, 0.25) is 0 Å². The Balaban J connectivity index is 0.000000384. The first-order valence-corrected chi connectivity index (χ1v) is 13.1. The van der Waals surface area contributed by atoms with E-state index in [1.807, 2.05) is 41.5 Å². The molecule has 0 aliphatic carbocycles. The SMILES string of the molecule is CCC(C)(C)C(=O)/C=C(\O)C(C)(C)CC.Cc1[c-]c(-c2cc(C(C)C)c3ccccc3n2)cc(C)c1.[Ir]. The van der Waals surface area contributed by atoms with Gasteiger partial charge in [-0.25, -0.2) is 0 Å². The van der Waals surface area contributed by atoms with Crippen LogP contribution in [0.3, 0.4) is 0 Å². The fourth-order valence-corrected chi connectivity index (χ4v) is 3.72. The van der Waals surface area contributed by atoms with Crippen LogP contribution < -0.4 is 0 Å². The number of ketones is 1. The molecule has 1 radical (unpaired) electrons. The molecule has 0 saturated carbocycles. The fraction of sp³-hybridized carbons (Fsp3) is 0.455. The van der Waals surface area contributed by atoms with Gasteiger partial charge in [-0.3, -0.25) is 9.78 Å². The van der Waals surface area contributed by atoms with Crippen LogP contribution in [0.2, 0.25) is 0 Å². The number of aryl methyl sites for hydroxylation is 2. The molecule has 37 heavy (non-hydrogen) atoms. The number of aliphatic hydroxyl groups excluding tert-OH is 1. The monoisotopic (exact) mass is 679 g/mol. The zero-order valence-electron chi connectivity index (χ0n) is 24.2. The molecule has 1 aromatic heterocycles. The molecular formula is C33H44IrNO2-. The Morgan fingerprint density at radius 2 is 1.59 bits per heavy atom. The summed E-state index contributed by atoms with van der Waals surface area (Å²) in [5, 5.41) is 11.1. The van der Waals surface area contributed by atoms with E-state index < -0.39 is 0 Å². The fourth-order valence-electron chi connectivity index (χ4n) is 3.72. The number of allylic oxidation sites excluding steroid dienone is 2. The van der Waals surface area contributed by atoms with Gasteiger partial charge in [0.25, 0.3) is 0 Å². The summed E-state index contributed by atoms with van der Waals surface area (Å²) in [6.45, 7) is 20.3. The van der Waals surface area contributed by atoms with Gasteiger partial charge in [-0.2, -0.15) is 0 Å². The third-order valence-corrected chi connectivity index (χ3v) is 7.19. The molecule has 0 fully saturated rings. The van der Waals surface area contributed by atoms with E-state index in [2.05, 4.69) is 76.2 Å². The third-order valence-electron chi connectivity index (χ3n) is 7.19. The molecule has 0 aliphatic rings. The Hall–Kier alpha value is -2.29. The molecule has 0 atom stereocenters. The Morgan fingerprint density at radius 1 is 1.00 bits per heavy atom. The molecule has 0 unspecified atom stereocenters. The first-order valence-electron chi connectivity index (χ1n) is 13.1. The summed E-state index contributed by atoms with van der Waals surface area (Å²) in [6.07, 6.45) is 2.99. The van der Waals surface area contributed by atoms with E-state index in [9.17, 15) is 9.90 Å². The second-order valence-electron chi connectivity index (χ2n) is 11.4. The van der Waals surface area contributed by atoms with E-state index in [4.69, 9.17) is 4.98 Å². The molecule has 0 spiro atoms. The number of para-hydroxylation sites is 1. The van der Waals surface area contributed by atoms with Crippen molar-refractivity contribution < 1.29 is 30.0 Å². The van der Waals surface area contributed by atoms with Gasteiger partial charge in [0.1, 0.15) is 5.76 Å². The van der Waals surface area contributed by atoms with Crippen LogP contribution in [0, 0.1) is 30.7 Å². The number of fused-ring (bicyclic) bond motifs is 1. The predicted octanol–water partition coefficient (Wildman–Crippen LogP) is 9.31. The normalized spacial score (nSPS) is 12.1. The van der Waals surface area contributed by atoms with Crippen molar-refractivity contribution in [1.29, 1.82) is 0 Å². The van der Waals surface area contributed by atoms with Crippen molar-refractivity contribution in [2.75, 3.05) is 0 Å². The smallest absolute Gasteiger partial charge is 0.164 e. The van der Waals surface area contributed by atoms with E-state index in [1.165, 1.54) is 22.6 Å². The number of aromatic nitrogens is 1. The van der Waals surface area contributed by atoms with Crippen LogP contribution in [0.15, 0.2) is 54.3 Å². The van der Waals surface area contributed by atoms with E-state index >= 15 is 0 Å². The molecule has 1 heterocycles. The van der Waals surface area contributed by atoms with Crippen molar-refractivity contribution in [3.63, 3.8) is 0 Å². The number of hydrogen-bond donors (Lipinski definition) is 1. The molecule has 0 bridgehead atoms. The van der Waals surface area contributed by atoms with Gasteiger partial charge in [0.15, 0.2) is 5.78 Å². The standard InChI is InChI=1S/C20H20N.C13H24O2.Ir/c1-13(2)18-12-20(16-10-14(3)9-15(4)11-16)21-19-8-6-5-7-17(18)19;1-7-12(3,4)10(14)9-11(15)13(5,6)8-2;/h5-10,12-13H,1-4H3;9,14H,7-8H2,1-6H3;/q-1;;/b;10-9-;. The minimum atomic E-state index is -0.377. The number of pyridine rings is 1. The molecular weight excluding hydrogens is 635 g/mol. The molecule has 3 rings (SSSR count). The van der Waals surface area contributed by atoms with E-state index in [-0.39, 0.29) is 42.5 Å². The molecule has 0 saturated heterocycles. The number of aliphatic hydroxyl groups is 1. The van der Waals surface area contributed by atoms with E-state index in [1.54, 1.807) is 0 Å². The van der Waals surface area contributed by atoms with Crippen molar-refractivity contribution >= 4 is 16.7 Å². The van der Waals surface area contributed by atoms with Crippen LogP contribution in [0.5, 0.6) is 0 Å². The zero-order valence-corrected chi connectivity index (χ0v) is 26.6. The zero-order chi connectivity index (χ0) is 27.3. The Kier molecular flexibility index (Phi) is 11.9. The van der Waals surface area contributed by atoms with Crippen molar-refractivity contribution in [2.45, 2.75) is 88.0 Å². The quantitative estimate of drug-likeness (QED) is 0.154. The van der Waals surface area contributed by atoms with Crippen LogP contribution >= 0.6 is 0 Å². The predicted molar refractivity (Wildman–Crippen MR) is 153 cm³/mol. The summed E-state index contributed by atoms with van der Waals surface area (Å²) in [5.41, 5.74) is 6.24. The minimum Gasteiger partial charge on any atom is -0.512 e. The van der Waals surface area contributed by atoms with Gasteiger partial charge in [-0.05, 0) is 36.1 Å². The van der Waals surface area contributed by atoms with E-state index in [0.29, 0.717) is 5.92 Å². The first-order chi connectivity index (χ1) is 16.7. The molecule has 0 aliphatic heterocycles. The van der Waals surface area contributed by atoms with Crippen LogP contribution in [0.25, 0.3) is 22.2 Å². The average Bonchev–Trinajstić information content (AvgIpc) is 2.82. The van der Waals surface area contributed by atoms with Gasteiger partial charge in [-0.1, -0.05) is 93.5 Å². The number of carbonyl (C=O) groups excluding carboxylic acids is 1. The molecule has 3 nitrogen and oxygen atoms in total. The average molecular weight is 679 g/mol. The Labute approximate surface area is 238 Å². The van der Waals surface area contributed by atoms with Crippen LogP contribution in [-0.4, -0.2) is 15.9 Å². The number of nitrogens with zero attached hydrogens (tertiary/aromatic N) is 1. The number of rotatable bonds is 7. The summed E-state index contributed by atoms with van der Waals surface area (Å²) < 4.78 is 0. The van der Waals surface area contributed by atoms with Gasteiger partial charge in [-0.15, -0.1) is 34.9 Å². The van der Waals surface area contributed by atoms with Gasteiger partial charge >= 0.3 is 0 Å². The number of hydrogen-bond acceptors (Lipinski definition) is 3. The topological polar surface area (TPSA) is 50.2 Å². The van der Waals surface area contributed by atoms with Gasteiger partial charge < -0.3 is 5.11 Å². The summed E-state index contributed by atoms with van der Waals surface area (Å²) in [7, 11) is 0. The van der Waals surface area contributed by atoms with Crippen LogP contribution in [0.1, 0.15) is 90.8 Å². The van der Waals surface area contributed by atoms with Crippen molar-refractivity contribution in [3.8, 4) is 11.3 Å². The Morgan fingerprint density at radius 3 is 2.14 bits per heavy atom. The first kappa shape index (κ1) is 32.7. The molecule has 1 N–H and O–H groups in total. The van der Waals surface area contributed by atoms with Crippen molar-refractivity contribution in [3.05, 3.63) is 77.1 Å². The van der Waals surface area contributed by atoms with Gasteiger partial charge in [0, 0.05) is 42.4 Å². The maximum atomic E-state index is 11.8. The van der Waals surface area contributed by atoms with Gasteiger partial charge in [0.05, 0.1) is 5.52 Å². The molecule has 4 heteroatoms. The van der Waals surface area contributed by atoms with Crippen molar-refractivity contribution in [1.82, 2.24) is 4.98 Å². The Bertz CT molecular complexity index is 1220. The molecule has 0 amide bonds. The maximum Gasteiger partial charge on any atom is 0.164 e. The second kappa shape index (κ2) is 13.5. The molecule has 3 aromatic rings. The van der Waals surface area contributed by atoms with Crippen LogP contribution in [0.4, 0.5) is 0 Å². The summed E-state index contributed by atoms with van der Waals surface area (Å²) in [5.74, 6) is 0.670. The summed E-state index contributed by atoms with van der Waals surface area (Å²) in [6, 6.07) is 18.3. The van der Waals surface area contributed by atoms with E-state index in [0.717, 1.165) is 35.2 Å². The molecule has 203 valence electrons. The third kappa shape index (κ3) is 8.62. The van der Waals surface area contributed by atoms with Crippen molar-refractivity contribution in [2.24, 2.45) is 10.8 Å². The molecule has 2 aromatic carbocycles. The number of carbonyl (C=O) groups is 1.